The van der Waals surface area contributed by atoms with Crippen molar-refractivity contribution in [1.82, 2.24) is 9.97 Å². The molecule has 0 aliphatic heterocycles. The molecule has 0 fully saturated rings. The van der Waals surface area contributed by atoms with E-state index in [-0.39, 0.29) is 0 Å². The summed E-state index contributed by atoms with van der Waals surface area (Å²) >= 11 is 18.2. The first-order chi connectivity index (χ1) is 8.15. The van der Waals surface area contributed by atoms with Gasteiger partial charge in [-0.05, 0) is 12.5 Å². The number of nitrogens with zero attached hydrogens (tertiary/aromatic N) is 2. The molecule has 1 heterocycles. The molecule has 0 saturated carbocycles. The van der Waals surface area contributed by atoms with Crippen LogP contribution in [0.25, 0.3) is 11.3 Å². The molecule has 88 valence electrons. The summed E-state index contributed by atoms with van der Waals surface area (Å²) in [5.41, 5.74) is 2.39. The van der Waals surface area contributed by atoms with Gasteiger partial charge in [0.15, 0.2) is 0 Å². The highest BCUT2D eigenvalue weighted by molar-refractivity contribution is 6.43. The molecular weight excluding hydrogens is 279 g/mol. The number of hydrogen-bond acceptors (Lipinski definition) is 2. The van der Waals surface area contributed by atoms with Crippen molar-refractivity contribution in [3.63, 3.8) is 0 Å². The highest BCUT2D eigenvalue weighted by Gasteiger charge is 2.14. The van der Waals surface area contributed by atoms with E-state index < -0.39 is 0 Å². The zero-order chi connectivity index (χ0) is 12.4. The van der Waals surface area contributed by atoms with Crippen molar-refractivity contribution in [3.8, 4) is 11.3 Å². The molecule has 0 spiro atoms. The summed E-state index contributed by atoms with van der Waals surface area (Å²) < 4.78 is 0. The fourth-order valence-electron chi connectivity index (χ4n) is 1.62. The van der Waals surface area contributed by atoms with Crippen molar-refractivity contribution >= 4 is 34.8 Å². The van der Waals surface area contributed by atoms with Crippen LogP contribution in [0.4, 0.5) is 0 Å². The van der Waals surface area contributed by atoms with E-state index in [4.69, 9.17) is 34.8 Å². The maximum atomic E-state index is 6.17. The van der Waals surface area contributed by atoms with E-state index in [2.05, 4.69) is 9.97 Å². The van der Waals surface area contributed by atoms with E-state index >= 15 is 0 Å². The first-order valence-corrected chi connectivity index (χ1v) is 6.22. The lowest BCUT2D eigenvalue weighted by Gasteiger charge is -2.10. The molecule has 1 aromatic heterocycles. The average molecular weight is 288 g/mol. The molecule has 0 N–H and O–H groups in total. The first kappa shape index (κ1) is 12.6. The highest BCUT2D eigenvalue weighted by atomic mass is 35.5. The molecule has 2 aromatic rings. The Labute approximate surface area is 115 Å². The van der Waals surface area contributed by atoms with E-state index in [1.54, 1.807) is 6.07 Å². The van der Waals surface area contributed by atoms with Gasteiger partial charge in [0.1, 0.15) is 11.5 Å². The number of rotatable bonds is 2. The SMILES string of the molecule is CCc1c(Cl)ncnc1-c1cccc(Cl)c1Cl. The fraction of sp³-hybridized carbons (Fsp3) is 0.167. The van der Waals surface area contributed by atoms with Crippen LogP contribution < -0.4 is 0 Å². The van der Waals surface area contributed by atoms with Gasteiger partial charge in [-0.2, -0.15) is 0 Å². The van der Waals surface area contributed by atoms with Crippen LogP contribution in [-0.4, -0.2) is 9.97 Å². The summed E-state index contributed by atoms with van der Waals surface area (Å²) in [7, 11) is 0. The Morgan fingerprint density at radius 3 is 2.59 bits per heavy atom. The second kappa shape index (κ2) is 5.21. The quantitative estimate of drug-likeness (QED) is 0.750. The summed E-state index contributed by atoms with van der Waals surface area (Å²) in [5, 5.41) is 1.44. The maximum Gasteiger partial charge on any atom is 0.136 e. The molecule has 0 saturated heterocycles. The third-order valence-corrected chi connectivity index (χ3v) is 3.60. The zero-order valence-electron chi connectivity index (χ0n) is 9.04. The largest absolute Gasteiger partial charge is 0.236 e. The van der Waals surface area contributed by atoms with Crippen LogP contribution in [0.1, 0.15) is 12.5 Å². The normalized spacial score (nSPS) is 10.6. The monoisotopic (exact) mass is 286 g/mol. The van der Waals surface area contributed by atoms with E-state index in [0.717, 1.165) is 23.2 Å². The third-order valence-electron chi connectivity index (χ3n) is 2.45. The van der Waals surface area contributed by atoms with Crippen molar-refractivity contribution in [2.45, 2.75) is 13.3 Å². The van der Waals surface area contributed by atoms with Gasteiger partial charge in [-0.15, -0.1) is 0 Å². The summed E-state index contributed by atoms with van der Waals surface area (Å²) in [4.78, 5) is 8.21. The van der Waals surface area contributed by atoms with Crippen LogP contribution in [-0.2, 0) is 6.42 Å². The average Bonchev–Trinajstić information content (AvgIpc) is 2.32. The third kappa shape index (κ3) is 2.39. The Kier molecular flexibility index (Phi) is 3.87. The van der Waals surface area contributed by atoms with Crippen LogP contribution in [0.2, 0.25) is 15.2 Å². The Bertz CT molecular complexity index is 555. The molecule has 0 bridgehead atoms. The Morgan fingerprint density at radius 2 is 1.88 bits per heavy atom. The van der Waals surface area contributed by atoms with Crippen molar-refractivity contribution < 1.29 is 0 Å². The van der Waals surface area contributed by atoms with E-state index in [0.29, 0.717) is 15.2 Å². The van der Waals surface area contributed by atoms with Gasteiger partial charge in [0, 0.05) is 11.1 Å². The Balaban J connectivity index is 2.68. The minimum Gasteiger partial charge on any atom is -0.236 e. The van der Waals surface area contributed by atoms with Crippen LogP contribution in [0.3, 0.4) is 0 Å². The van der Waals surface area contributed by atoms with Crippen LogP contribution >= 0.6 is 34.8 Å². The minimum atomic E-state index is 0.452. The standard InChI is InChI=1S/C12H9Cl3N2/c1-2-7-11(16-6-17-12(7)15)8-4-3-5-9(13)10(8)14/h3-6H,2H2,1H3. The molecule has 0 radical (unpaired) electrons. The molecule has 5 heteroatoms. The van der Waals surface area contributed by atoms with Crippen molar-refractivity contribution in [2.75, 3.05) is 0 Å². The van der Waals surface area contributed by atoms with Crippen LogP contribution in [0, 0.1) is 0 Å². The number of aromatic nitrogens is 2. The molecule has 2 nitrogen and oxygen atoms in total. The van der Waals surface area contributed by atoms with E-state index in [9.17, 15) is 0 Å². The lowest BCUT2D eigenvalue weighted by molar-refractivity contribution is 1.05. The Hall–Kier alpha value is -0.830. The molecule has 17 heavy (non-hydrogen) atoms. The number of benzene rings is 1. The lowest BCUT2D eigenvalue weighted by atomic mass is 10.1. The zero-order valence-corrected chi connectivity index (χ0v) is 11.3. The molecule has 0 aliphatic carbocycles. The fourth-order valence-corrected chi connectivity index (χ4v) is 2.28. The number of hydrogen-bond donors (Lipinski definition) is 0. The van der Waals surface area contributed by atoms with Gasteiger partial charge in [0.25, 0.3) is 0 Å². The van der Waals surface area contributed by atoms with Crippen LogP contribution in [0.5, 0.6) is 0 Å². The number of halogens is 3. The summed E-state index contributed by atoms with van der Waals surface area (Å²) in [5.74, 6) is 0. The van der Waals surface area contributed by atoms with Crippen molar-refractivity contribution in [2.24, 2.45) is 0 Å². The molecule has 0 amide bonds. The summed E-state index contributed by atoms with van der Waals surface area (Å²) in [6.45, 7) is 1.99. The topological polar surface area (TPSA) is 25.8 Å². The van der Waals surface area contributed by atoms with Gasteiger partial charge < -0.3 is 0 Å². The molecule has 2 rings (SSSR count). The predicted octanol–water partition coefficient (Wildman–Crippen LogP) is 4.67. The van der Waals surface area contributed by atoms with Gasteiger partial charge in [-0.1, -0.05) is 53.9 Å². The lowest BCUT2D eigenvalue weighted by Crippen LogP contribution is -1.96. The highest BCUT2D eigenvalue weighted by Crippen LogP contribution is 2.35. The second-order valence-corrected chi connectivity index (χ2v) is 4.59. The van der Waals surface area contributed by atoms with Gasteiger partial charge in [0.2, 0.25) is 0 Å². The predicted molar refractivity (Wildman–Crippen MR) is 71.9 cm³/mol. The summed E-state index contributed by atoms with van der Waals surface area (Å²) in [6.07, 6.45) is 2.16. The minimum absolute atomic E-state index is 0.452. The second-order valence-electron chi connectivity index (χ2n) is 3.45. The maximum absolute atomic E-state index is 6.17. The van der Waals surface area contributed by atoms with E-state index in [1.165, 1.54) is 6.33 Å². The molecular formula is C12H9Cl3N2. The molecule has 0 unspecified atom stereocenters. The smallest absolute Gasteiger partial charge is 0.136 e. The molecule has 0 atom stereocenters. The van der Waals surface area contributed by atoms with Gasteiger partial charge >= 0.3 is 0 Å². The molecule has 0 aliphatic rings. The molecule has 1 aromatic carbocycles. The van der Waals surface area contributed by atoms with Crippen LogP contribution in [0.15, 0.2) is 24.5 Å². The van der Waals surface area contributed by atoms with Gasteiger partial charge in [-0.25, -0.2) is 9.97 Å². The first-order valence-electron chi connectivity index (χ1n) is 5.09. The summed E-state index contributed by atoms with van der Waals surface area (Å²) in [6, 6.07) is 5.44. The van der Waals surface area contributed by atoms with Gasteiger partial charge in [-0.3, -0.25) is 0 Å². The Morgan fingerprint density at radius 1 is 1.12 bits per heavy atom. The van der Waals surface area contributed by atoms with E-state index in [1.807, 2.05) is 19.1 Å². The van der Waals surface area contributed by atoms with Crippen molar-refractivity contribution in [3.05, 3.63) is 45.3 Å². The van der Waals surface area contributed by atoms with Gasteiger partial charge in [0.05, 0.1) is 15.7 Å². The van der Waals surface area contributed by atoms with Crippen molar-refractivity contribution in [1.29, 1.82) is 0 Å².